The summed E-state index contributed by atoms with van der Waals surface area (Å²) in [7, 11) is 0. The van der Waals surface area contributed by atoms with Gasteiger partial charge in [-0.3, -0.25) is 0 Å². The third-order valence-electron chi connectivity index (χ3n) is 7.77. The molecule has 0 unspecified atom stereocenters. The van der Waals surface area contributed by atoms with Crippen molar-refractivity contribution in [1.82, 2.24) is 19.1 Å². The quantitative estimate of drug-likeness (QED) is 0.118. The Morgan fingerprint density at radius 3 is 1.50 bits per heavy atom. The van der Waals surface area contributed by atoms with Gasteiger partial charge in [-0.1, -0.05) is 0 Å². The number of para-hydroxylation sites is 2. The van der Waals surface area contributed by atoms with E-state index in [9.17, 15) is 0 Å². The Morgan fingerprint density at radius 1 is 0.591 bits per heavy atom. The first-order valence-electron chi connectivity index (χ1n) is 14.8. The summed E-state index contributed by atoms with van der Waals surface area (Å²) in [5.74, 6) is 0.842. The van der Waals surface area contributed by atoms with Crippen molar-refractivity contribution in [2.75, 3.05) is 0 Å². The zero-order chi connectivity index (χ0) is 30.1. The molecule has 0 amide bonds. The van der Waals surface area contributed by atoms with Crippen molar-refractivity contribution in [2.24, 2.45) is 0 Å². The van der Waals surface area contributed by atoms with Crippen molar-refractivity contribution in [2.45, 2.75) is 53.4 Å². The molecule has 224 valence electrons. The molecule has 0 fully saturated rings. The summed E-state index contributed by atoms with van der Waals surface area (Å²) < 4.78 is 6.64. The van der Waals surface area contributed by atoms with Crippen LogP contribution in [0.15, 0.2) is 97.8 Å². The SMILES string of the molecule is Cc1cccc(C)c1-n1cnc(-c2[c-]c([Se]c3[c-]c(-c4cn(-c5c(C(C)C)cccc5C(C)C)cn4)ccc3)ccc2)c1.[Pt+2]. The number of rotatable bonds is 8. The van der Waals surface area contributed by atoms with Crippen LogP contribution in [-0.4, -0.2) is 34.1 Å². The molecule has 0 aliphatic carbocycles. The van der Waals surface area contributed by atoms with Crippen LogP contribution in [0.3, 0.4) is 0 Å². The van der Waals surface area contributed by atoms with Gasteiger partial charge in [0.15, 0.2) is 0 Å². The molecule has 0 spiro atoms. The number of hydrogen-bond donors (Lipinski definition) is 0. The summed E-state index contributed by atoms with van der Waals surface area (Å²) in [6.07, 6.45) is 8.09. The van der Waals surface area contributed by atoms with Crippen LogP contribution in [0, 0.1) is 26.0 Å². The second-order valence-corrected chi connectivity index (χ2v) is 13.9. The summed E-state index contributed by atoms with van der Waals surface area (Å²) in [6.45, 7) is 13.3. The maximum absolute atomic E-state index is 4.83. The average molecular weight is 823 g/mol. The Morgan fingerprint density at radius 2 is 1.02 bits per heavy atom. The van der Waals surface area contributed by atoms with Crippen molar-refractivity contribution in [3.8, 4) is 33.9 Å². The van der Waals surface area contributed by atoms with Gasteiger partial charge in [0.05, 0.1) is 0 Å². The number of nitrogens with zero attached hydrogens (tertiary/aromatic N) is 4. The molecular weight excluding hydrogens is 786 g/mol. The normalized spacial score (nSPS) is 11.3. The van der Waals surface area contributed by atoms with Gasteiger partial charge >= 0.3 is 284 Å². The minimum absolute atomic E-state index is 0. The van der Waals surface area contributed by atoms with E-state index in [1.54, 1.807) is 0 Å². The molecule has 0 N–H and O–H groups in total. The van der Waals surface area contributed by atoms with Crippen molar-refractivity contribution in [3.63, 3.8) is 0 Å². The minimum atomic E-state index is 0. The summed E-state index contributed by atoms with van der Waals surface area (Å²) >= 11 is 0.0405. The van der Waals surface area contributed by atoms with Gasteiger partial charge in [0.1, 0.15) is 0 Å². The second-order valence-electron chi connectivity index (χ2n) is 11.6. The van der Waals surface area contributed by atoms with Crippen LogP contribution in [0.5, 0.6) is 0 Å². The molecule has 0 atom stereocenters. The van der Waals surface area contributed by atoms with Gasteiger partial charge in [0.2, 0.25) is 0 Å². The Kier molecular flexibility index (Phi) is 9.90. The summed E-state index contributed by atoms with van der Waals surface area (Å²) in [4.78, 5) is 9.55. The van der Waals surface area contributed by atoms with Crippen molar-refractivity contribution < 1.29 is 21.1 Å². The maximum Gasteiger partial charge on any atom is 2.00 e. The molecule has 0 bridgehead atoms. The number of aryl methyl sites for hydroxylation is 2. The fourth-order valence-electron chi connectivity index (χ4n) is 5.62. The first-order chi connectivity index (χ1) is 20.8. The monoisotopic (exact) mass is 823 g/mol. The molecule has 0 saturated heterocycles. The maximum atomic E-state index is 4.83. The minimum Gasteiger partial charge on any atom is 2.00 e. The molecule has 44 heavy (non-hydrogen) atoms. The largest absolute Gasteiger partial charge is 2.00 e. The Bertz CT molecular complexity index is 1850. The molecular formula is C38H36N4PtSe. The van der Waals surface area contributed by atoms with Crippen LogP contribution < -0.4 is 8.92 Å². The van der Waals surface area contributed by atoms with Crippen LogP contribution in [0.2, 0.25) is 0 Å². The molecule has 2 heterocycles. The number of aromatic nitrogens is 4. The van der Waals surface area contributed by atoms with Gasteiger partial charge < -0.3 is 0 Å². The van der Waals surface area contributed by atoms with E-state index in [-0.39, 0.29) is 36.0 Å². The van der Waals surface area contributed by atoms with Gasteiger partial charge in [-0.25, -0.2) is 0 Å². The number of benzene rings is 4. The van der Waals surface area contributed by atoms with Crippen LogP contribution in [0.25, 0.3) is 33.9 Å². The molecule has 0 saturated carbocycles. The zero-order valence-corrected chi connectivity index (χ0v) is 29.9. The van der Waals surface area contributed by atoms with E-state index < -0.39 is 0 Å². The molecule has 6 rings (SSSR count). The van der Waals surface area contributed by atoms with E-state index in [4.69, 9.17) is 9.97 Å². The molecule has 0 aliphatic heterocycles. The third-order valence-corrected chi connectivity index (χ3v) is 9.69. The first kappa shape index (κ1) is 31.9. The fourth-order valence-corrected chi connectivity index (χ4v) is 7.41. The van der Waals surface area contributed by atoms with E-state index >= 15 is 0 Å². The van der Waals surface area contributed by atoms with Gasteiger partial charge in [-0.2, -0.15) is 0 Å². The number of hydrogen-bond acceptors (Lipinski definition) is 2. The second kappa shape index (κ2) is 13.7. The van der Waals surface area contributed by atoms with Gasteiger partial charge in [0, 0.05) is 0 Å². The third kappa shape index (κ3) is 6.61. The zero-order valence-electron chi connectivity index (χ0n) is 25.9. The summed E-state index contributed by atoms with van der Waals surface area (Å²) in [6, 6.07) is 33.0. The van der Waals surface area contributed by atoms with Gasteiger partial charge in [-0.15, -0.1) is 0 Å². The standard InChI is InChI=1S/C38H36N4Se.Pt/c1-25(2)33-17-10-18-34(26(3)4)38(33)42-22-36(40-24-42)30-14-9-16-32(20-30)43-31-15-8-13-29(19-31)35-21-41(23-39-35)37-27(5)11-7-12-28(37)6;/h7-18,21-26H,1-6H3;/q-2;+2. The van der Waals surface area contributed by atoms with Crippen LogP contribution in [-0.2, 0) is 21.1 Å². The molecule has 2 aromatic heterocycles. The van der Waals surface area contributed by atoms with Crippen LogP contribution in [0.1, 0.15) is 61.8 Å². The molecule has 4 nitrogen and oxygen atoms in total. The fraction of sp³-hybridized carbons (Fsp3) is 0.211. The number of imidazole rings is 2. The van der Waals surface area contributed by atoms with E-state index in [0.29, 0.717) is 11.8 Å². The molecule has 0 radical (unpaired) electrons. The average Bonchev–Trinajstić information content (AvgIpc) is 3.68. The topological polar surface area (TPSA) is 35.6 Å². The van der Waals surface area contributed by atoms with Crippen molar-refractivity contribution in [1.29, 1.82) is 0 Å². The predicted octanol–water partition coefficient (Wildman–Crippen LogP) is 7.51. The van der Waals surface area contributed by atoms with E-state index in [1.165, 1.54) is 38.1 Å². The summed E-state index contributed by atoms with van der Waals surface area (Å²) in [5, 5.41) is 0. The van der Waals surface area contributed by atoms with Gasteiger partial charge in [-0.05, 0) is 0 Å². The van der Waals surface area contributed by atoms with E-state index in [0.717, 1.165) is 27.0 Å². The first-order valence-corrected chi connectivity index (χ1v) is 16.5. The van der Waals surface area contributed by atoms with E-state index in [1.807, 2.05) is 12.7 Å². The molecule has 6 aromatic rings. The molecule has 0 aliphatic rings. The van der Waals surface area contributed by atoms with Crippen molar-refractivity contribution in [3.05, 3.63) is 132 Å². The predicted molar refractivity (Wildman–Crippen MR) is 178 cm³/mol. The van der Waals surface area contributed by atoms with Crippen LogP contribution >= 0.6 is 0 Å². The van der Waals surface area contributed by atoms with Gasteiger partial charge in [0.25, 0.3) is 0 Å². The Hall–Kier alpha value is -3.49. The smallest absolute Gasteiger partial charge is 2.00 e. The molecule has 4 aromatic carbocycles. The van der Waals surface area contributed by atoms with Crippen LogP contribution in [0.4, 0.5) is 0 Å². The van der Waals surface area contributed by atoms with E-state index in [2.05, 4.69) is 148 Å². The van der Waals surface area contributed by atoms with Crippen molar-refractivity contribution >= 4 is 23.9 Å². The Labute approximate surface area is 282 Å². The Balaban J connectivity index is 0.00000384. The molecule has 6 heteroatoms. The summed E-state index contributed by atoms with van der Waals surface area (Å²) in [5.41, 5.74) is 11.4.